The Balaban J connectivity index is 2.10. The van der Waals surface area contributed by atoms with Crippen LogP contribution in [0, 0.1) is 3.57 Å². The minimum Gasteiger partial charge on any atom is -0.505 e. The standard InChI is InChI=1S/C15H11Cl2IN2O3/c1-23-13-6-9(2-3-12(13)18)15(22)20-19-7-8-4-10(16)14(21)11(17)5-8/h2-7,21H,1H3,(H,20,22)/b19-7-. The van der Waals surface area contributed by atoms with Gasteiger partial charge in [-0.05, 0) is 58.5 Å². The molecule has 5 nitrogen and oxygen atoms in total. The van der Waals surface area contributed by atoms with Crippen LogP contribution in [0.2, 0.25) is 10.0 Å². The first-order chi connectivity index (χ1) is 10.9. The number of hydrazone groups is 1. The third-order valence-electron chi connectivity index (χ3n) is 2.83. The topological polar surface area (TPSA) is 70.9 Å². The number of phenols is 1. The molecule has 0 atom stereocenters. The fourth-order valence-electron chi connectivity index (χ4n) is 1.69. The molecule has 2 rings (SSSR count). The maximum absolute atomic E-state index is 12.0. The predicted octanol–water partition coefficient (Wildman–Crippen LogP) is 4.08. The van der Waals surface area contributed by atoms with E-state index in [9.17, 15) is 9.90 Å². The Morgan fingerprint density at radius 1 is 1.30 bits per heavy atom. The van der Waals surface area contributed by atoms with E-state index in [2.05, 4.69) is 33.1 Å². The van der Waals surface area contributed by atoms with Gasteiger partial charge in [-0.2, -0.15) is 5.10 Å². The van der Waals surface area contributed by atoms with Crippen LogP contribution in [0.15, 0.2) is 35.4 Å². The lowest BCUT2D eigenvalue weighted by molar-refractivity contribution is 0.0954. The number of hydrogen-bond donors (Lipinski definition) is 2. The van der Waals surface area contributed by atoms with Crippen LogP contribution in [-0.4, -0.2) is 24.3 Å². The predicted molar refractivity (Wildman–Crippen MR) is 98.9 cm³/mol. The zero-order valence-corrected chi connectivity index (χ0v) is 15.5. The van der Waals surface area contributed by atoms with Crippen LogP contribution in [0.4, 0.5) is 0 Å². The van der Waals surface area contributed by atoms with Crippen LogP contribution < -0.4 is 10.2 Å². The summed E-state index contributed by atoms with van der Waals surface area (Å²) in [6.45, 7) is 0. The molecule has 0 unspecified atom stereocenters. The summed E-state index contributed by atoms with van der Waals surface area (Å²) in [5, 5.41) is 13.5. The second-order valence-electron chi connectivity index (χ2n) is 4.38. The highest BCUT2D eigenvalue weighted by Crippen LogP contribution is 2.32. The Hall–Kier alpha value is -1.51. The number of carbonyl (C=O) groups excluding carboxylic acids is 1. The highest BCUT2D eigenvalue weighted by atomic mass is 127. The molecule has 0 aliphatic carbocycles. The lowest BCUT2D eigenvalue weighted by atomic mass is 10.2. The van der Waals surface area contributed by atoms with Gasteiger partial charge in [0.15, 0.2) is 5.75 Å². The van der Waals surface area contributed by atoms with Crippen LogP contribution in [0.3, 0.4) is 0 Å². The molecule has 0 aliphatic rings. The Kier molecular flexibility index (Phi) is 6.09. The highest BCUT2D eigenvalue weighted by molar-refractivity contribution is 14.1. The molecule has 23 heavy (non-hydrogen) atoms. The maximum Gasteiger partial charge on any atom is 0.271 e. The van der Waals surface area contributed by atoms with Crippen molar-refractivity contribution in [2.24, 2.45) is 5.10 Å². The first kappa shape index (κ1) is 17.8. The number of amides is 1. The SMILES string of the molecule is COc1cc(C(=O)N/N=C\c2cc(Cl)c(O)c(Cl)c2)ccc1I. The minimum atomic E-state index is -0.382. The fraction of sp³-hybridized carbons (Fsp3) is 0.0667. The fourth-order valence-corrected chi connectivity index (χ4v) is 2.75. The Bertz CT molecular complexity index is 758. The van der Waals surface area contributed by atoms with Gasteiger partial charge in [0.2, 0.25) is 0 Å². The molecule has 8 heteroatoms. The molecular formula is C15H11Cl2IN2O3. The number of hydrogen-bond acceptors (Lipinski definition) is 4. The largest absolute Gasteiger partial charge is 0.505 e. The molecule has 0 fully saturated rings. The van der Waals surface area contributed by atoms with E-state index in [0.717, 1.165) is 3.57 Å². The molecule has 0 aromatic heterocycles. The van der Waals surface area contributed by atoms with Crippen molar-refractivity contribution in [3.63, 3.8) is 0 Å². The summed E-state index contributed by atoms with van der Waals surface area (Å²) >= 11 is 13.7. The van der Waals surface area contributed by atoms with Gasteiger partial charge < -0.3 is 9.84 Å². The number of nitrogens with zero attached hydrogens (tertiary/aromatic N) is 1. The van der Waals surface area contributed by atoms with Gasteiger partial charge in [0, 0.05) is 5.56 Å². The number of benzene rings is 2. The van der Waals surface area contributed by atoms with Crippen molar-refractivity contribution in [1.29, 1.82) is 0 Å². The quantitative estimate of drug-likeness (QED) is 0.407. The number of ether oxygens (including phenoxy) is 1. The molecule has 1 amide bonds. The number of halogens is 3. The van der Waals surface area contributed by atoms with Crippen molar-refractivity contribution >= 4 is 57.9 Å². The Labute approximate surface area is 156 Å². The summed E-state index contributed by atoms with van der Waals surface area (Å²) < 4.78 is 6.07. The highest BCUT2D eigenvalue weighted by Gasteiger charge is 2.09. The summed E-state index contributed by atoms with van der Waals surface area (Å²) in [5.41, 5.74) is 3.35. The first-order valence-electron chi connectivity index (χ1n) is 6.27. The first-order valence-corrected chi connectivity index (χ1v) is 8.10. The number of methoxy groups -OCH3 is 1. The summed E-state index contributed by atoms with van der Waals surface area (Å²) in [6.07, 6.45) is 1.37. The second kappa shape index (κ2) is 7.85. The van der Waals surface area contributed by atoms with E-state index in [1.165, 1.54) is 25.5 Å². The third-order valence-corrected chi connectivity index (χ3v) is 4.30. The molecule has 0 heterocycles. The monoisotopic (exact) mass is 464 g/mol. The Morgan fingerprint density at radius 2 is 1.96 bits per heavy atom. The van der Waals surface area contributed by atoms with E-state index in [1.54, 1.807) is 18.2 Å². The lowest BCUT2D eigenvalue weighted by Gasteiger charge is -2.05. The summed E-state index contributed by atoms with van der Waals surface area (Å²) in [7, 11) is 1.54. The van der Waals surface area contributed by atoms with E-state index in [1.807, 2.05) is 0 Å². The Morgan fingerprint density at radius 3 is 2.57 bits per heavy atom. The van der Waals surface area contributed by atoms with Gasteiger partial charge in [-0.1, -0.05) is 23.2 Å². The van der Waals surface area contributed by atoms with Crippen LogP contribution in [0.1, 0.15) is 15.9 Å². The van der Waals surface area contributed by atoms with Crippen molar-refractivity contribution in [1.82, 2.24) is 5.43 Å². The molecule has 120 valence electrons. The molecule has 0 bridgehead atoms. The molecule has 0 spiro atoms. The molecule has 0 saturated carbocycles. The average Bonchev–Trinajstić information content (AvgIpc) is 2.52. The van der Waals surface area contributed by atoms with E-state index in [4.69, 9.17) is 27.9 Å². The number of aromatic hydroxyl groups is 1. The van der Waals surface area contributed by atoms with Crippen molar-refractivity contribution in [2.45, 2.75) is 0 Å². The number of rotatable bonds is 4. The van der Waals surface area contributed by atoms with Gasteiger partial charge in [0.1, 0.15) is 5.75 Å². The molecule has 2 aromatic carbocycles. The van der Waals surface area contributed by atoms with Crippen LogP contribution in [-0.2, 0) is 0 Å². The third kappa shape index (κ3) is 4.49. The van der Waals surface area contributed by atoms with Crippen LogP contribution >= 0.6 is 45.8 Å². The molecule has 0 saturated heterocycles. The molecular weight excluding hydrogens is 454 g/mol. The van der Waals surface area contributed by atoms with Crippen molar-refractivity contribution in [3.8, 4) is 11.5 Å². The van der Waals surface area contributed by atoms with Gasteiger partial charge in [-0.3, -0.25) is 4.79 Å². The maximum atomic E-state index is 12.0. The molecule has 2 aromatic rings. The number of phenolic OH excluding ortho intramolecular Hbond substituents is 1. The van der Waals surface area contributed by atoms with E-state index >= 15 is 0 Å². The summed E-state index contributed by atoms with van der Waals surface area (Å²) in [5.74, 6) is 0.0340. The van der Waals surface area contributed by atoms with Crippen molar-refractivity contribution in [3.05, 3.63) is 55.1 Å². The van der Waals surface area contributed by atoms with Crippen molar-refractivity contribution in [2.75, 3.05) is 7.11 Å². The smallest absolute Gasteiger partial charge is 0.271 e. The number of nitrogens with one attached hydrogen (secondary N) is 1. The van der Waals surface area contributed by atoms with E-state index in [0.29, 0.717) is 16.9 Å². The van der Waals surface area contributed by atoms with Gasteiger partial charge >= 0.3 is 0 Å². The van der Waals surface area contributed by atoms with E-state index in [-0.39, 0.29) is 21.7 Å². The second-order valence-corrected chi connectivity index (χ2v) is 6.36. The zero-order valence-electron chi connectivity index (χ0n) is 11.8. The zero-order chi connectivity index (χ0) is 17.0. The molecule has 0 aliphatic heterocycles. The average molecular weight is 465 g/mol. The minimum absolute atomic E-state index is 0.104. The lowest BCUT2D eigenvalue weighted by Crippen LogP contribution is -2.17. The van der Waals surface area contributed by atoms with Crippen molar-refractivity contribution < 1.29 is 14.6 Å². The van der Waals surface area contributed by atoms with Gasteiger partial charge in [0.05, 0.1) is 26.9 Å². The van der Waals surface area contributed by atoms with E-state index < -0.39 is 0 Å². The molecule has 2 N–H and O–H groups in total. The van der Waals surface area contributed by atoms with Crippen LogP contribution in [0.25, 0.3) is 0 Å². The number of carbonyl (C=O) groups is 1. The van der Waals surface area contributed by atoms with Crippen LogP contribution in [0.5, 0.6) is 11.5 Å². The summed E-state index contributed by atoms with van der Waals surface area (Å²) in [6, 6.07) is 8.03. The van der Waals surface area contributed by atoms with Gasteiger partial charge in [-0.25, -0.2) is 5.43 Å². The van der Waals surface area contributed by atoms with Gasteiger partial charge in [-0.15, -0.1) is 0 Å². The van der Waals surface area contributed by atoms with Gasteiger partial charge in [0.25, 0.3) is 5.91 Å². The molecule has 0 radical (unpaired) electrons. The summed E-state index contributed by atoms with van der Waals surface area (Å²) in [4.78, 5) is 12.0. The normalized spacial score (nSPS) is 10.8.